The van der Waals surface area contributed by atoms with Crippen molar-refractivity contribution in [3.63, 3.8) is 0 Å². The molecule has 0 heterocycles. The van der Waals surface area contributed by atoms with Crippen molar-refractivity contribution < 1.29 is 23.8 Å². The molecule has 0 aromatic heterocycles. The number of Topliss-reactive ketones (excluding diaryl/α,β-unsaturated/α-hetero) is 1. The van der Waals surface area contributed by atoms with Crippen LogP contribution < -0.4 is 4.74 Å². The van der Waals surface area contributed by atoms with Crippen molar-refractivity contribution in [3.8, 4) is 5.75 Å². The summed E-state index contributed by atoms with van der Waals surface area (Å²) >= 11 is 5.60. The molecule has 4 nitrogen and oxygen atoms in total. The van der Waals surface area contributed by atoms with E-state index in [4.69, 9.17) is 21.4 Å². The molecule has 0 aliphatic rings. The number of benzene rings is 1. The van der Waals surface area contributed by atoms with Crippen LogP contribution in [-0.4, -0.2) is 29.3 Å². The Kier molecular flexibility index (Phi) is 4.45. The number of alkyl halides is 1. The number of aliphatic carboxylic acids is 1. The molecule has 0 bridgehead atoms. The van der Waals surface area contributed by atoms with Crippen molar-refractivity contribution >= 4 is 23.4 Å². The highest BCUT2D eigenvalue weighted by Crippen LogP contribution is 2.20. The molecule has 0 aliphatic carbocycles. The van der Waals surface area contributed by atoms with E-state index in [-0.39, 0.29) is 11.3 Å². The van der Waals surface area contributed by atoms with E-state index in [1.165, 1.54) is 19.2 Å². The van der Waals surface area contributed by atoms with Gasteiger partial charge in [0.15, 0.2) is 17.3 Å². The summed E-state index contributed by atoms with van der Waals surface area (Å²) in [7, 11) is 1.30. The maximum absolute atomic E-state index is 13.3. The zero-order chi connectivity index (χ0) is 13.0. The summed E-state index contributed by atoms with van der Waals surface area (Å²) in [5.74, 6) is -2.51. The van der Waals surface area contributed by atoms with E-state index in [9.17, 15) is 14.0 Å². The number of hydrogen-bond donors (Lipinski definition) is 1. The Morgan fingerprint density at radius 3 is 2.65 bits per heavy atom. The van der Waals surface area contributed by atoms with E-state index in [1.807, 2.05) is 0 Å². The quantitative estimate of drug-likeness (QED) is 0.650. The molecule has 0 fully saturated rings. The number of ketones is 1. The Balaban J connectivity index is 2.89. The Labute approximate surface area is 102 Å². The largest absolute Gasteiger partial charge is 0.494 e. The Morgan fingerprint density at radius 1 is 1.53 bits per heavy atom. The second kappa shape index (κ2) is 5.63. The van der Waals surface area contributed by atoms with Gasteiger partial charge < -0.3 is 9.84 Å². The fourth-order valence-corrected chi connectivity index (χ4v) is 1.50. The standard InChI is InChI=1S/C11H10ClFO4/c1-17-9-3-2-6(4-8(9)13)11(16)7(12)5-10(14)15/h2-4,7H,5H2,1H3,(H,14,15). The molecule has 1 atom stereocenters. The lowest BCUT2D eigenvalue weighted by atomic mass is 10.1. The second-order valence-electron chi connectivity index (χ2n) is 3.28. The summed E-state index contributed by atoms with van der Waals surface area (Å²) in [4.78, 5) is 22.0. The van der Waals surface area contributed by atoms with Gasteiger partial charge in [-0.3, -0.25) is 9.59 Å². The van der Waals surface area contributed by atoms with Gasteiger partial charge in [-0.05, 0) is 18.2 Å². The molecule has 0 aliphatic heterocycles. The van der Waals surface area contributed by atoms with Crippen molar-refractivity contribution in [1.82, 2.24) is 0 Å². The fraction of sp³-hybridized carbons (Fsp3) is 0.273. The maximum Gasteiger partial charge on any atom is 0.305 e. The SMILES string of the molecule is COc1ccc(C(=O)C(Cl)CC(=O)O)cc1F. The molecule has 1 aromatic rings. The summed E-state index contributed by atoms with van der Waals surface area (Å²) in [5, 5.41) is 7.28. The van der Waals surface area contributed by atoms with Crippen LogP contribution in [0.1, 0.15) is 16.8 Å². The normalized spacial score (nSPS) is 11.9. The lowest BCUT2D eigenvalue weighted by molar-refractivity contribution is -0.136. The Hall–Kier alpha value is -1.62. The smallest absolute Gasteiger partial charge is 0.305 e. The lowest BCUT2D eigenvalue weighted by Gasteiger charge is -2.07. The van der Waals surface area contributed by atoms with E-state index >= 15 is 0 Å². The highest BCUT2D eigenvalue weighted by atomic mass is 35.5. The Morgan fingerprint density at radius 2 is 2.18 bits per heavy atom. The van der Waals surface area contributed by atoms with Crippen molar-refractivity contribution in [2.45, 2.75) is 11.8 Å². The highest BCUT2D eigenvalue weighted by molar-refractivity contribution is 6.34. The average molecular weight is 261 g/mol. The minimum Gasteiger partial charge on any atom is -0.494 e. The van der Waals surface area contributed by atoms with E-state index in [0.29, 0.717) is 0 Å². The van der Waals surface area contributed by atoms with Crippen molar-refractivity contribution in [2.75, 3.05) is 7.11 Å². The average Bonchev–Trinajstić information content (AvgIpc) is 2.27. The minimum absolute atomic E-state index is 0.00547. The first-order chi connectivity index (χ1) is 7.95. The van der Waals surface area contributed by atoms with E-state index < -0.39 is 29.4 Å². The first kappa shape index (κ1) is 13.4. The third kappa shape index (κ3) is 3.42. The number of carboxylic acids is 1. The van der Waals surface area contributed by atoms with Crippen LogP contribution in [0.25, 0.3) is 0 Å². The van der Waals surface area contributed by atoms with Gasteiger partial charge >= 0.3 is 5.97 Å². The highest BCUT2D eigenvalue weighted by Gasteiger charge is 2.21. The van der Waals surface area contributed by atoms with Gasteiger partial charge in [0.1, 0.15) is 5.38 Å². The molecule has 1 aromatic carbocycles. The summed E-state index contributed by atoms with van der Waals surface area (Å²) < 4.78 is 18.0. The third-order valence-electron chi connectivity index (χ3n) is 2.07. The number of carbonyl (C=O) groups excluding carboxylic acids is 1. The molecule has 0 amide bonds. The van der Waals surface area contributed by atoms with Gasteiger partial charge in [-0.25, -0.2) is 4.39 Å². The molecule has 0 saturated carbocycles. The summed E-state index contributed by atoms with van der Waals surface area (Å²) in [6.07, 6.45) is -0.506. The first-order valence-corrected chi connectivity index (χ1v) is 5.13. The van der Waals surface area contributed by atoms with Gasteiger partial charge in [0, 0.05) is 5.56 Å². The molecule has 17 heavy (non-hydrogen) atoms. The van der Waals surface area contributed by atoms with E-state index in [1.54, 1.807) is 0 Å². The molecule has 0 saturated heterocycles. The van der Waals surface area contributed by atoms with Crippen LogP contribution in [0.3, 0.4) is 0 Å². The monoisotopic (exact) mass is 260 g/mol. The van der Waals surface area contributed by atoms with Crippen LogP contribution in [0.15, 0.2) is 18.2 Å². The second-order valence-corrected chi connectivity index (χ2v) is 3.81. The summed E-state index contributed by atoms with van der Waals surface area (Å²) in [6.45, 7) is 0. The van der Waals surface area contributed by atoms with E-state index in [2.05, 4.69) is 0 Å². The summed E-state index contributed by atoms with van der Waals surface area (Å²) in [5.41, 5.74) is 0.0181. The van der Waals surface area contributed by atoms with Gasteiger partial charge in [-0.1, -0.05) is 0 Å². The molecule has 6 heteroatoms. The van der Waals surface area contributed by atoms with E-state index in [0.717, 1.165) is 6.07 Å². The Bertz CT molecular complexity index is 447. The zero-order valence-electron chi connectivity index (χ0n) is 8.94. The number of rotatable bonds is 5. The zero-order valence-corrected chi connectivity index (χ0v) is 9.70. The molecule has 1 rings (SSSR count). The van der Waals surface area contributed by atoms with Crippen LogP contribution >= 0.6 is 11.6 Å². The van der Waals surface area contributed by atoms with Crippen molar-refractivity contribution in [3.05, 3.63) is 29.6 Å². The number of halogens is 2. The predicted octanol–water partition coefficient (Wildman–Crippen LogP) is 2.10. The molecule has 92 valence electrons. The lowest BCUT2D eigenvalue weighted by Crippen LogP contribution is -2.18. The van der Waals surface area contributed by atoms with Crippen LogP contribution in [0.2, 0.25) is 0 Å². The molecular weight excluding hydrogens is 251 g/mol. The predicted molar refractivity (Wildman–Crippen MR) is 59.2 cm³/mol. The number of carbonyl (C=O) groups is 2. The topological polar surface area (TPSA) is 63.6 Å². The molecule has 0 radical (unpaired) electrons. The maximum atomic E-state index is 13.3. The number of methoxy groups -OCH3 is 1. The van der Waals surface area contributed by atoms with Crippen molar-refractivity contribution in [2.24, 2.45) is 0 Å². The summed E-state index contributed by atoms with van der Waals surface area (Å²) in [6, 6.07) is 3.59. The van der Waals surface area contributed by atoms with Gasteiger partial charge in [-0.15, -0.1) is 11.6 Å². The molecular formula is C11H10ClFO4. The molecule has 1 unspecified atom stereocenters. The molecule has 1 N–H and O–H groups in total. The van der Waals surface area contributed by atoms with Crippen LogP contribution in [-0.2, 0) is 4.79 Å². The van der Waals surface area contributed by atoms with Crippen LogP contribution in [0.4, 0.5) is 4.39 Å². The van der Waals surface area contributed by atoms with Crippen LogP contribution in [0.5, 0.6) is 5.75 Å². The molecule has 0 spiro atoms. The van der Waals surface area contributed by atoms with Gasteiger partial charge in [0.25, 0.3) is 0 Å². The number of hydrogen-bond acceptors (Lipinski definition) is 3. The first-order valence-electron chi connectivity index (χ1n) is 4.69. The van der Waals surface area contributed by atoms with Gasteiger partial charge in [0.2, 0.25) is 0 Å². The minimum atomic E-state index is -1.21. The number of carboxylic acid groups (broad SMARTS) is 1. The third-order valence-corrected chi connectivity index (χ3v) is 2.43. The van der Waals surface area contributed by atoms with Crippen molar-refractivity contribution in [1.29, 1.82) is 0 Å². The van der Waals surface area contributed by atoms with Gasteiger partial charge in [0.05, 0.1) is 13.5 Å². The van der Waals surface area contributed by atoms with Gasteiger partial charge in [-0.2, -0.15) is 0 Å². The fourth-order valence-electron chi connectivity index (χ4n) is 1.25. The number of ether oxygens (including phenoxy) is 1. The van der Waals surface area contributed by atoms with Crippen LogP contribution in [0, 0.1) is 5.82 Å².